The summed E-state index contributed by atoms with van der Waals surface area (Å²) in [7, 11) is 14.0. The number of sulfonamides is 1. The minimum atomic E-state index is -3.13. The first-order chi connectivity index (χ1) is 12.1. The van der Waals surface area contributed by atoms with Gasteiger partial charge in [-0.3, -0.25) is 4.40 Å². The fourth-order valence-electron chi connectivity index (χ4n) is 3.46. The van der Waals surface area contributed by atoms with Crippen LogP contribution < -0.4 is 5.32 Å². The number of aryl methyl sites for hydroxylation is 1. The third-order valence-electron chi connectivity index (χ3n) is 4.78. The molecule has 1 saturated heterocycles. The van der Waals surface area contributed by atoms with Gasteiger partial charge < -0.3 is 5.32 Å². The van der Waals surface area contributed by atoms with Crippen molar-refractivity contribution in [2.45, 2.75) is 37.3 Å². The average molecular weight is 366 g/mol. The van der Waals surface area contributed by atoms with Crippen LogP contribution in [-0.4, -0.2) is 70.2 Å². The molecule has 0 atom stereocenters. The Kier molecular flexibility index (Phi) is 5.18. The first kappa shape index (κ1) is 19.4. The largest absolute Gasteiger partial charge is 0.389 e. The molecule has 3 rings (SSSR count). The second-order valence-corrected chi connectivity index (χ2v) is 8.93. The quantitative estimate of drug-likeness (QED) is 0.786. The fourth-order valence-corrected chi connectivity index (χ4v) is 4.33. The Morgan fingerprint density at radius 2 is 1.92 bits per heavy atom. The molecule has 0 aliphatic carbocycles. The minimum Gasteiger partial charge on any atom is -0.389 e. The number of imidazole rings is 1. The third-order valence-corrected chi connectivity index (χ3v) is 6.08. The summed E-state index contributed by atoms with van der Waals surface area (Å²) in [5, 5.41) is 1.38. The van der Waals surface area contributed by atoms with Crippen molar-refractivity contribution in [3.05, 3.63) is 29.6 Å². The van der Waals surface area contributed by atoms with Crippen LogP contribution in [0.5, 0.6) is 0 Å². The SMILES string of the molecule is [B]C([B])([B])Nc1c(CC)nc2ccc(C3CCN(S(C)(=O)=O)CC3)cn12. The van der Waals surface area contributed by atoms with Gasteiger partial charge in [0.2, 0.25) is 10.0 Å². The molecule has 6 radical (unpaired) electrons. The number of hydrogen-bond acceptors (Lipinski definition) is 4. The van der Waals surface area contributed by atoms with E-state index < -0.39 is 15.3 Å². The van der Waals surface area contributed by atoms with Crippen molar-refractivity contribution in [3.63, 3.8) is 0 Å². The minimum absolute atomic E-state index is 0.288. The maximum absolute atomic E-state index is 11.7. The first-order valence-corrected chi connectivity index (χ1v) is 10.5. The van der Waals surface area contributed by atoms with Crippen molar-refractivity contribution >= 4 is 45.0 Å². The van der Waals surface area contributed by atoms with Crippen LogP contribution in [0.3, 0.4) is 0 Å². The molecule has 0 spiro atoms. The molecule has 6 nitrogen and oxygen atoms in total. The number of rotatable bonds is 5. The lowest BCUT2D eigenvalue weighted by atomic mass is 9.49. The van der Waals surface area contributed by atoms with Gasteiger partial charge in [-0.2, -0.15) is 0 Å². The van der Waals surface area contributed by atoms with E-state index in [1.165, 1.54) is 10.6 Å². The zero-order valence-electron chi connectivity index (χ0n) is 15.1. The second-order valence-electron chi connectivity index (χ2n) is 6.95. The van der Waals surface area contributed by atoms with Crippen LogP contribution in [0.2, 0.25) is 0 Å². The van der Waals surface area contributed by atoms with Gasteiger partial charge in [0.1, 0.15) is 11.5 Å². The van der Waals surface area contributed by atoms with Crippen molar-refractivity contribution in [2.75, 3.05) is 24.7 Å². The van der Waals surface area contributed by atoms with Gasteiger partial charge in [-0.15, -0.1) is 0 Å². The summed E-state index contributed by atoms with van der Waals surface area (Å²) < 4.78 is 26.8. The monoisotopic (exact) mass is 366 g/mol. The summed E-state index contributed by atoms with van der Waals surface area (Å²) >= 11 is 0. The molecule has 3 heterocycles. The number of aromatic nitrogens is 2. The number of piperidine rings is 1. The Labute approximate surface area is 159 Å². The van der Waals surface area contributed by atoms with E-state index in [2.05, 4.69) is 10.3 Å². The fraction of sp³-hybridized carbons (Fsp3) is 0.562. The zero-order valence-corrected chi connectivity index (χ0v) is 16.0. The molecule has 2 aromatic heterocycles. The van der Waals surface area contributed by atoms with Crippen molar-refractivity contribution in [3.8, 4) is 0 Å². The average Bonchev–Trinajstić information content (AvgIpc) is 2.89. The van der Waals surface area contributed by atoms with E-state index in [1.54, 1.807) is 0 Å². The van der Waals surface area contributed by atoms with E-state index in [4.69, 9.17) is 23.5 Å². The van der Waals surface area contributed by atoms with Gasteiger partial charge in [-0.05, 0) is 36.8 Å². The van der Waals surface area contributed by atoms with E-state index in [9.17, 15) is 8.42 Å². The molecule has 1 aliphatic rings. The van der Waals surface area contributed by atoms with Crippen LogP contribution in [0.4, 0.5) is 5.82 Å². The molecule has 0 aromatic carbocycles. The maximum atomic E-state index is 11.7. The predicted molar refractivity (Wildman–Crippen MR) is 107 cm³/mol. The van der Waals surface area contributed by atoms with Gasteiger partial charge in [-0.25, -0.2) is 17.7 Å². The van der Waals surface area contributed by atoms with Gasteiger partial charge in [0.25, 0.3) is 0 Å². The van der Waals surface area contributed by atoms with E-state index >= 15 is 0 Å². The molecular formula is C16H21B3N4O2S. The highest BCUT2D eigenvalue weighted by Crippen LogP contribution is 2.30. The molecule has 10 heteroatoms. The normalized spacial score (nSPS) is 17.6. The number of nitrogens with zero attached hydrogens (tertiary/aromatic N) is 3. The molecule has 0 saturated carbocycles. The van der Waals surface area contributed by atoms with Crippen LogP contribution >= 0.6 is 0 Å². The van der Waals surface area contributed by atoms with Gasteiger partial charge in [0.15, 0.2) is 0 Å². The summed E-state index contributed by atoms with van der Waals surface area (Å²) in [5.41, 5.74) is 2.75. The summed E-state index contributed by atoms with van der Waals surface area (Å²) in [4.78, 5) is 4.59. The van der Waals surface area contributed by atoms with Crippen LogP contribution in [0.25, 0.3) is 5.65 Å². The first-order valence-electron chi connectivity index (χ1n) is 8.69. The van der Waals surface area contributed by atoms with E-state index in [0.29, 0.717) is 25.3 Å². The maximum Gasteiger partial charge on any atom is 0.211 e. The summed E-state index contributed by atoms with van der Waals surface area (Å²) in [6.45, 7) is 3.07. The van der Waals surface area contributed by atoms with E-state index in [0.717, 1.165) is 29.7 Å². The highest BCUT2D eigenvalue weighted by Gasteiger charge is 2.26. The number of anilines is 1. The number of hydrogen-bond donors (Lipinski definition) is 1. The smallest absolute Gasteiger partial charge is 0.211 e. The summed E-state index contributed by atoms with van der Waals surface area (Å²) in [6.07, 6.45) is 5.54. The lowest BCUT2D eigenvalue weighted by Crippen LogP contribution is -2.40. The molecular weight excluding hydrogens is 345 g/mol. The molecule has 26 heavy (non-hydrogen) atoms. The highest BCUT2D eigenvalue weighted by atomic mass is 32.2. The van der Waals surface area contributed by atoms with Crippen molar-refractivity contribution < 1.29 is 8.42 Å². The van der Waals surface area contributed by atoms with Crippen molar-refractivity contribution in [2.24, 2.45) is 0 Å². The number of nitrogens with one attached hydrogen (secondary N) is 1. The molecule has 1 N–H and O–H groups in total. The molecule has 2 aromatic rings. The Balaban J connectivity index is 1.90. The van der Waals surface area contributed by atoms with Crippen LogP contribution in [0.1, 0.15) is 36.9 Å². The second kappa shape index (κ2) is 6.96. The topological polar surface area (TPSA) is 66.7 Å². The van der Waals surface area contributed by atoms with Gasteiger partial charge in [-0.1, -0.05) is 18.2 Å². The number of pyridine rings is 1. The number of fused-ring (bicyclic) bond motifs is 1. The summed E-state index contributed by atoms with van der Waals surface area (Å²) in [6, 6.07) is 4.00. The lowest BCUT2D eigenvalue weighted by molar-refractivity contribution is 0.321. The lowest BCUT2D eigenvalue weighted by Gasteiger charge is -2.30. The summed E-state index contributed by atoms with van der Waals surface area (Å²) in [5.74, 6) is 0.974. The van der Waals surface area contributed by atoms with Gasteiger partial charge in [0.05, 0.1) is 35.5 Å². The highest BCUT2D eigenvalue weighted by molar-refractivity contribution is 7.88. The predicted octanol–water partition coefficient (Wildman–Crippen LogP) is 0.564. The molecule has 0 amide bonds. The van der Waals surface area contributed by atoms with Gasteiger partial charge >= 0.3 is 0 Å². The Morgan fingerprint density at radius 3 is 2.46 bits per heavy atom. The molecule has 0 bridgehead atoms. The Hall–Kier alpha value is -1.41. The third kappa shape index (κ3) is 4.12. The molecule has 1 fully saturated rings. The van der Waals surface area contributed by atoms with Crippen molar-refractivity contribution in [1.29, 1.82) is 0 Å². The standard InChI is InChI=1S/C16H21B3N4O2S/c1-3-13-15(21-16(17,18)19)23-10-12(4-5-14(23)20-13)11-6-8-22(9-7-11)26(2,24)25/h4-5,10-11,21H,3,6-9H2,1-2H3. The Morgan fingerprint density at radius 1 is 1.27 bits per heavy atom. The van der Waals surface area contributed by atoms with E-state index in [1.807, 2.05) is 29.7 Å². The zero-order chi connectivity index (χ0) is 19.1. The molecule has 1 aliphatic heterocycles. The van der Waals surface area contributed by atoms with Crippen LogP contribution in [0.15, 0.2) is 18.3 Å². The van der Waals surface area contributed by atoms with Crippen LogP contribution in [0, 0.1) is 0 Å². The Bertz CT molecular complexity index is 900. The van der Waals surface area contributed by atoms with Crippen LogP contribution in [-0.2, 0) is 16.4 Å². The van der Waals surface area contributed by atoms with Crippen molar-refractivity contribution in [1.82, 2.24) is 13.7 Å². The van der Waals surface area contributed by atoms with Gasteiger partial charge in [0, 0.05) is 19.3 Å². The molecule has 132 valence electrons. The molecule has 0 unspecified atom stereocenters. The van der Waals surface area contributed by atoms with E-state index in [-0.39, 0.29) is 5.92 Å².